The molecule has 2 rings (SSSR count). The summed E-state index contributed by atoms with van der Waals surface area (Å²) in [5, 5.41) is 3.67. The Morgan fingerprint density at radius 3 is 2.81 bits per heavy atom. The van der Waals surface area contributed by atoms with Gasteiger partial charge in [0.05, 0.1) is 11.6 Å². The number of hydrogen-bond acceptors (Lipinski definition) is 3. The minimum atomic E-state index is 0.188. The lowest BCUT2D eigenvalue weighted by Gasteiger charge is -2.44. The fourth-order valence-electron chi connectivity index (χ4n) is 3.06. The third-order valence-electron chi connectivity index (χ3n) is 4.15. The summed E-state index contributed by atoms with van der Waals surface area (Å²) >= 11 is 3.58. The number of rotatable bonds is 5. The van der Waals surface area contributed by atoms with Crippen LogP contribution in [0.15, 0.2) is 22.7 Å². The Morgan fingerprint density at radius 1 is 1.43 bits per heavy atom. The van der Waals surface area contributed by atoms with Crippen LogP contribution in [0, 0.1) is 0 Å². The van der Waals surface area contributed by atoms with Crippen molar-refractivity contribution in [3.05, 3.63) is 28.2 Å². The Bertz CT molecular complexity index is 476. The number of benzene rings is 1. The van der Waals surface area contributed by atoms with Gasteiger partial charge in [-0.1, -0.05) is 19.4 Å². The smallest absolute Gasteiger partial charge is 0.133 e. The van der Waals surface area contributed by atoms with Crippen LogP contribution in [0.25, 0.3) is 0 Å². The Labute approximate surface area is 137 Å². The maximum absolute atomic E-state index is 5.31. The van der Waals surface area contributed by atoms with E-state index in [1.165, 1.54) is 18.4 Å². The van der Waals surface area contributed by atoms with Crippen molar-refractivity contribution in [3.63, 3.8) is 0 Å². The average molecular weight is 355 g/mol. The summed E-state index contributed by atoms with van der Waals surface area (Å²) in [6.07, 6.45) is 2.48. The van der Waals surface area contributed by atoms with Crippen LogP contribution in [0.4, 0.5) is 0 Å². The minimum absolute atomic E-state index is 0.188. The standard InChI is InChI=1S/C17H27BrN2O/c1-5-6-14-10-19-17(2,3)12-20(14)11-13-7-8-16(21-4)15(18)9-13/h7-9,14,19H,5-6,10-12H2,1-4H3. The van der Waals surface area contributed by atoms with Crippen molar-refractivity contribution in [2.45, 2.75) is 51.7 Å². The fraction of sp³-hybridized carbons (Fsp3) is 0.647. The zero-order valence-electron chi connectivity index (χ0n) is 13.6. The van der Waals surface area contributed by atoms with Gasteiger partial charge in [0.2, 0.25) is 0 Å². The molecule has 0 amide bonds. The van der Waals surface area contributed by atoms with Crippen LogP contribution in [0.2, 0.25) is 0 Å². The van der Waals surface area contributed by atoms with Gasteiger partial charge in [-0.3, -0.25) is 4.90 Å². The molecule has 0 aromatic heterocycles. The molecule has 1 aliphatic rings. The average Bonchev–Trinajstić information content (AvgIpc) is 2.42. The van der Waals surface area contributed by atoms with Crippen molar-refractivity contribution in [1.82, 2.24) is 10.2 Å². The number of piperazine rings is 1. The molecule has 1 aliphatic heterocycles. The molecular weight excluding hydrogens is 328 g/mol. The predicted molar refractivity (Wildman–Crippen MR) is 91.9 cm³/mol. The molecule has 1 fully saturated rings. The number of ether oxygens (including phenoxy) is 1. The van der Waals surface area contributed by atoms with E-state index in [1.54, 1.807) is 7.11 Å². The quantitative estimate of drug-likeness (QED) is 0.869. The highest BCUT2D eigenvalue weighted by atomic mass is 79.9. The van der Waals surface area contributed by atoms with Gasteiger partial charge in [0.25, 0.3) is 0 Å². The van der Waals surface area contributed by atoms with Gasteiger partial charge < -0.3 is 10.1 Å². The summed E-state index contributed by atoms with van der Waals surface area (Å²) in [7, 11) is 1.70. The molecule has 21 heavy (non-hydrogen) atoms. The topological polar surface area (TPSA) is 24.5 Å². The largest absolute Gasteiger partial charge is 0.496 e. The number of nitrogens with one attached hydrogen (secondary N) is 1. The highest BCUT2D eigenvalue weighted by Crippen LogP contribution is 2.27. The molecule has 1 N–H and O–H groups in total. The van der Waals surface area contributed by atoms with Gasteiger partial charge in [-0.2, -0.15) is 0 Å². The fourth-order valence-corrected chi connectivity index (χ4v) is 3.65. The summed E-state index contributed by atoms with van der Waals surface area (Å²) in [5.41, 5.74) is 1.52. The summed E-state index contributed by atoms with van der Waals surface area (Å²) in [6.45, 7) is 10.00. The molecular formula is C17H27BrN2O. The Hall–Kier alpha value is -0.580. The van der Waals surface area contributed by atoms with Crippen LogP contribution < -0.4 is 10.1 Å². The van der Waals surface area contributed by atoms with Crippen LogP contribution in [-0.2, 0) is 6.54 Å². The third kappa shape index (κ3) is 4.44. The zero-order chi connectivity index (χ0) is 15.5. The van der Waals surface area contributed by atoms with Gasteiger partial charge in [0, 0.05) is 31.2 Å². The number of nitrogens with zero attached hydrogens (tertiary/aromatic N) is 1. The first-order valence-corrected chi connectivity index (χ1v) is 8.56. The number of hydrogen-bond donors (Lipinski definition) is 1. The Morgan fingerprint density at radius 2 is 2.19 bits per heavy atom. The second-order valence-electron chi connectivity index (χ2n) is 6.58. The molecule has 1 saturated heterocycles. The number of methoxy groups -OCH3 is 1. The predicted octanol–water partition coefficient (Wildman–Crippen LogP) is 3.81. The van der Waals surface area contributed by atoms with Gasteiger partial charge >= 0.3 is 0 Å². The molecule has 1 heterocycles. The van der Waals surface area contributed by atoms with Crippen molar-refractivity contribution >= 4 is 15.9 Å². The van der Waals surface area contributed by atoms with Crippen molar-refractivity contribution in [1.29, 1.82) is 0 Å². The lowest BCUT2D eigenvalue weighted by molar-refractivity contribution is 0.0826. The van der Waals surface area contributed by atoms with Crippen LogP contribution in [0.1, 0.15) is 39.2 Å². The van der Waals surface area contributed by atoms with E-state index in [1.807, 2.05) is 6.07 Å². The van der Waals surface area contributed by atoms with E-state index in [4.69, 9.17) is 4.74 Å². The summed E-state index contributed by atoms with van der Waals surface area (Å²) in [4.78, 5) is 2.62. The first kappa shape index (κ1) is 16.8. The van der Waals surface area contributed by atoms with Gasteiger partial charge in [-0.25, -0.2) is 0 Å². The first-order chi connectivity index (χ1) is 9.95. The Kier molecular flexibility index (Phi) is 5.69. The molecule has 1 aromatic rings. The van der Waals surface area contributed by atoms with E-state index in [9.17, 15) is 0 Å². The van der Waals surface area contributed by atoms with Gasteiger partial charge in [0.15, 0.2) is 0 Å². The highest BCUT2D eigenvalue weighted by Gasteiger charge is 2.31. The van der Waals surface area contributed by atoms with Crippen molar-refractivity contribution in [3.8, 4) is 5.75 Å². The molecule has 0 bridgehead atoms. The van der Waals surface area contributed by atoms with Gasteiger partial charge in [-0.05, 0) is 53.9 Å². The van der Waals surface area contributed by atoms with E-state index >= 15 is 0 Å². The van der Waals surface area contributed by atoms with Crippen molar-refractivity contribution in [2.75, 3.05) is 20.2 Å². The van der Waals surface area contributed by atoms with E-state index in [0.717, 1.165) is 29.9 Å². The molecule has 0 radical (unpaired) electrons. The van der Waals surface area contributed by atoms with Crippen LogP contribution in [0.5, 0.6) is 5.75 Å². The molecule has 0 spiro atoms. The molecule has 1 atom stereocenters. The summed E-state index contributed by atoms with van der Waals surface area (Å²) in [6, 6.07) is 7.02. The van der Waals surface area contributed by atoms with Crippen LogP contribution in [0.3, 0.4) is 0 Å². The SMILES string of the molecule is CCCC1CNC(C)(C)CN1Cc1ccc(OC)c(Br)c1. The van der Waals surface area contributed by atoms with E-state index in [2.05, 4.69) is 59.1 Å². The molecule has 0 saturated carbocycles. The minimum Gasteiger partial charge on any atom is -0.496 e. The van der Waals surface area contributed by atoms with Gasteiger partial charge in [0.1, 0.15) is 5.75 Å². The normalized spacial score (nSPS) is 22.2. The maximum atomic E-state index is 5.31. The number of halogens is 1. The summed E-state index contributed by atoms with van der Waals surface area (Å²) in [5.74, 6) is 0.893. The monoisotopic (exact) mass is 354 g/mol. The maximum Gasteiger partial charge on any atom is 0.133 e. The molecule has 1 unspecified atom stereocenters. The molecule has 1 aromatic carbocycles. The van der Waals surface area contributed by atoms with Crippen molar-refractivity contribution < 1.29 is 4.74 Å². The highest BCUT2D eigenvalue weighted by molar-refractivity contribution is 9.10. The lowest BCUT2D eigenvalue weighted by atomic mass is 9.96. The molecule has 0 aliphatic carbocycles. The first-order valence-electron chi connectivity index (χ1n) is 7.76. The third-order valence-corrected chi connectivity index (χ3v) is 4.77. The summed E-state index contributed by atoms with van der Waals surface area (Å²) < 4.78 is 6.34. The lowest BCUT2D eigenvalue weighted by Crippen LogP contribution is -2.61. The second kappa shape index (κ2) is 7.12. The molecule has 4 heteroatoms. The van der Waals surface area contributed by atoms with E-state index in [-0.39, 0.29) is 5.54 Å². The molecule has 3 nitrogen and oxygen atoms in total. The van der Waals surface area contributed by atoms with E-state index in [0.29, 0.717) is 6.04 Å². The molecule has 118 valence electrons. The second-order valence-corrected chi connectivity index (χ2v) is 7.44. The van der Waals surface area contributed by atoms with Crippen LogP contribution >= 0.6 is 15.9 Å². The zero-order valence-corrected chi connectivity index (χ0v) is 15.2. The van der Waals surface area contributed by atoms with E-state index < -0.39 is 0 Å². The van der Waals surface area contributed by atoms with Crippen molar-refractivity contribution in [2.24, 2.45) is 0 Å². The van der Waals surface area contributed by atoms with Gasteiger partial charge in [-0.15, -0.1) is 0 Å². The van der Waals surface area contributed by atoms with Crippen LogP contribution in [-0.4, -0.2) is 36.7 Å². The Balaban J connectivity index is 2.12.